The lowest BCUT2D eigenvalue weighted by Gasteiger charge is -2.05. The van der Waals surface area contributed by atoms with E-state index in [-0.39, 0.29) is 16.5 Å². The zero-order valence-corrected chi connectivity index (χ0v) is 10.4. The molecule has 0 fully saturated rings. The van der Waals surface area contributed by atoms with Crippen molar-refractivity contribution in [1.29, 1.82) is 5.26 Å². The fraction of sp³-hybridized carbons (Fsp3) is 0. The van der Waals surface area contributed by atoms with E-state index in [1.165, 1.54) is 30.5 Å². The Kier molecular flexibility index (Phi) is 4.04. The molecule has 0 saturated carbocycles. The third-order valence-corrected chi connectivity index (χ3v) is 2.52. The van der Waals surface area contributed by atoms with Gasteiger partial charge in [-0.25, -0.2) is 0 Å². The molecule has 98 valence electrons. The Morgan fingerprint density at radius 3 is 2.40 bits per heavy atom. The van der Waals surface area contributed by atoms with E-state index in [4.69, 9.17) is 5.26 Å². The molecule has 0 saturated heterocycles. The van der Waals surface area contributed by atoms with Crippen molar-refractivity contribution in [2.45, 2.75) is 0 Å². The number of nitriles is 1. The highest BCUT2D eigenvalue weighted by atomic mass is 16.5. The lowest BCUT2D eigenvalue weighted by molar-refractivity contribution is -0.435. The molecule has 0 unspecified atom stereocenters. The van der Waals surface area contributed by atoms with E-state index in [0.717, 1.165) is 0 Å². The minimum atomic E-state index is -0.280. The largest absolute Gasteiger partial charge is 0.593 e. The molecule has 0 aliphatic rings. The van der Waals surface area contributed by atoms with Crippen molar-refractivity contribution >= 4 is 17.3 Å². The zero-order chi connectivity index (χ0) is 14.4. The Morgan fingerprint density at radius 2 is 1.80 bits per heavy atom. The molecule has 0 heterocycles. The molecule has 0 atom stereocenters. The Labute approximate surface area is 115 Å². The van der Waals surface area contributed by atoms with E-state index in [9.17, 15) is 10.0 Å². The Balaban J connectivity index is 2.12. The molecule has 0 aliphatic heterocycles. The molecule has 0 spiro atoms. The van der Waals surface area contributed by atoms with Crippen molar-refractivity contribution in [1.82, 2.24) is 0 Å². The number of anilines is 1. The molecular formula is C14H10N4O2. The number of para-hydroxylation sites is 1. The molecule has 2 aromatic carbocycles. The highest BCUT2D eigenvalue weighted by Gasteiger charge is 2.08. The fourth-order valence-corrected chi connectivity index (χ4v) is 1.56. The summed E-state index contributed by atoms with van der Waals surface area (Å²) in [5.74, 6) is -0.280. The highest BCUT2D eigenvalue weighted by molar-refractivity contribution is 6.04. The summed E-state index contributed by atoms with van der Waals surface area (Å²) in [6.07, 6.45) is 1.40. The number of carbonyl (C=O) groups is 1. The number of carbonyl (C=O) groups excluding carboxylic acids is 1. The van der Waals surface area contributed by atoms with Crippen LogP contribution in [0.4, 0.5) is 11.4 Å². The van der Waals surface area contributed by atoms with Crippen molar-refractivity contribution in [3.63, 3.8) is 0 Å². The Morgan fingerprint density at radius 1 is 1.15 bits per heavy atom. The predicted octanol–water partition coefficient (Wildman–Crippen LogP) is 3.01. The first-order valence-corrected chi connectivity index (χ1v) is 5.74. The van der Waals surface area contributed by atoms with Gasteiger partial charge >= 0.3 is 0 Å². The molecule has 0 aliphatic carbocycles. The summed E-state index contributed by atoms with van der Waals surface area (Å²) < 4.78 is 0. The normalized spacial score (nSPS) is 10.7. The molecule has 1 amide bonds. The van der Waals surface area contributed by atoms with Crippen LogP contribution in [0, 0.1) is 16.7 Å². The maximum absolute atomic E-state index is 11.9. The number of nitrogens with zero attached hydrogens (tertiary/aromatic N) is 3. The first-order chi connectivity index (χ1) is 9.70. The number of amides is 1. The van der Waals surface area contributed by atoms with Gasteiger partial charge in [0.1, 0.15) is 0 Å². The van der Waals surface area contributed by atoms with Crippen LogP contribution in [0.1, 0.15) is 10.4 Å². The number of azo groups is 1. The molecule has 20 heavy (non-hydrogen) atoms. The average molecular weight is 266 g/mol. The number of benzene rings is 2. The molecule has 6 heteroatoms. The van der Waals surface area contributed by atoms with Crippen LogP contribution in [0.5, 0.6) is 0 Å². The maximum Gasteiger partial charge on any atom is 0.274 e. The van der Waals surface area contributed by atoms with Gasteiger partial charge in [-0.2, -0.15) is 5.26 Å². The second kappa shape index (κ2) is 6.11. The van der Waals surface area contributed by atoms with E-state index in [2.05, 4.69) is 10.4 Å². The van der Waals surface area contributed by atoms with Crippen LogP contribution >= 0.6 is 0 Å². The minimum Gasteiger partial charge on any atom is -0.593 e. The Hall–Kier alpha value is -3.20. The van der Waals surface area contributed by atoms with Crippen molar-refractivity contribution < 1.29 is 9.66 Å². The first-order valence-electron chi connectivity index (χ1n) is 5.74. The van der Waals surface area contributed by atoms with Gasteiger partial charge < -0.3 is 10.5 Å². The van der Waals surface area contributed by atoms with Crippen molar-refractivity contribution in [2.75, 3.05) is 5.32 Å². The summed E-state index contributed by atoms with van der Waals surface area (Å²) in [5, 5.41) is 25.3. The standard InChI is InChI=1S/C14H10N4O2/c15-10-16-18(20)13-8-6-11(7-9-13)14(19)17-12-4-2-1-3-5-12/h1-9H,(H,17,19). The van der Waals surface area contributed by atoms with Crippen LogP contribution in [0.2, 0.25) is 0 Å². The fourth-order valence-electron chi connectivity index (χ4n) is 1.56. The van der Waals surface area contributed by atoms with E-state index >= 15 is 0 Å². The molecule has 0 radical (unpaired) electrons. The van der Waals surface area contributed by atoms with E-state index in [1.54, 1.807) is 12.1 Å². The van der Waals surface area contributed by atoms with Crippen molar-refractivity contribution in [3.05, 3.63) is 65.4 Å². The van der Waals surface area contributed by atoms with E-state index < -0.39 is 0 Å². The van der Waals surface area contributed by atoms with Gasteiger partial charge in [-0.05, 0) is 29.1 Å². The second-order valence-electron chi connectivity index (χ2n) is 3.84. The van der Waals surface area contributed by atoms with Gasteiger partial charge in [0.25, 0.3) is 12.1 Å². The van der Waals surface area contributed by atoms with Crippen LogP contribution < -0.4 is 5.32 Å². The summed E-state index contributed by atoms with van der Waals surface area (Å²) in [6, 6.07) is 14.9. The van der Waals surface area contributed by atoms with E-state index in [1.807, 2.05) is 18.2 Å². The second-order valence-corrected chi connectivity index (χ2v) is 3.84. The average Bonchev–Trinajstić information content (AvgIpc) is 2.48. The SMILES string of the molecule is N#CN=[N+]([O-])c1ccc(C(=O)Nc2ccccc2)cc1. The van der Waals surface area contributed by atoms with Gasteiger partial charge in [0, 0.05) is 23.4 Å². The van der Waals surface area contributed by atoms with Gasteiger partial charge in [-0.3, -0.25) is 4.79 Å². The number of hydrogen-bond donors (Lipinski definition) is 1. The van der Waals surface area contributed by atoms with Gasteiger partial charge in [-0.15, -0.1) is 0 Å². The summed E-state index contributed by atoms with van der Waals surface area (Å²) in [6.45, 7) is 0. The zero-order valence-electron chi connectivity index (χ0n) is 10.4. The van der Waals surface area contributed by atoms with Gasteiger partial charge in [0.05, 0.1) is 5.11 Å². The highest BCUT2D eigenvalue weighted by Crippen LogP contribution is 2.14. The van der Waals surface area contributed by atoms with Crippen LogP contribution in [0.25, 0.3) is 0 Å². The monoisotopic (exact) mass is 266 g/mol. The van der Waals surface area contributed by atoms with Crippen LogP contribution in [0.15, 0.2) is 59.7 Å². The quantitative estimate of drug-likeness (QED) is 0.400. The first kappa shape index (κ1) is 13.2. The van der Waals surface area contributed by atoms with Gasteiger partial charge in [0.15, 0.2) is 0 Å². The third-order valence-electron chi connectivity index (χ3n) is 2.52. The molecule has 0 bridgehead atoms. The van der Waals surface area contributed by atoms with Gasteiger partial charge in [-0.1, -0.05) is 18.2 Å². The molecule has 2 rings (SSSR count). The molecule has 2 aromatic rings. The number of hydrogen-bond acceptors (Lipinski definition) is 4. The van der Waals surface area contributed by atoms with E-state index in [0.29, 0.717) is 11.3 Å². The van der Waals surface area contributed by atoms with Crippen LogP contribution in [-0.4, -0.2) is 10.8 Å². The molecule has 0 aromatic heterocycles. The Bertz CT molecular complexity index is 673. The van der Waals surface area contributed by atoms with Gasteiger partial charge in [0.2, 0.25) is 5.69 Å². The summed E-state index contributed by atoms with van der Waals surface area (Å²) in [4.78, 5) is 12.1. The molecule has 6 nitrogen and oxygen atoms in total. The predicted molar refractivity (Wildman–Crippen MR) is 72.2 cm³/mol. The summed E-state index contributed by atoms with van der Waals surface area (Å²) in [7, 11) is 0. The van der Waals surface area contributed by atoms with Crippen molar-refractivity contribution in [3.8, 4) is 6.19 Å². The lowest BCUT2D eigenvalue weighted by Crippen LogP contribution is -2.11. The van der Waals surface area contributed by atoms with Crippen LogP contribution in [0.3, 0.4) is 0 Å². The number of rotatable bonds is 3. The summed E-state index contributed by atoms with van der Waals surface area (Å²) >= 11 is 0. The van der Waals surface area contributed by atoms with Crippen LogP contribution in [-0.2, 0) is 0 Å². The maximum atomic E-state index is 11.9. The smallest absolute Gasteiger partial charge is 0.274 e. The minimum absolute atomic E-state index is 0.183. The molecular weight excluding hydrogens is 256 g/mol. The molecule has 1 N–H and O–H groups in total. The van der Waals surface area contributed by atoms with Crippen molar-refractivity contribution in [2.24, 2.45) is 5.11 Å². The summed E-state index contributed by atoms with van der Waals surface area (Å²) in [5.41, 5.74) is 1.28. The number of nitrogens with one attached hydrogen (secondary N) is 1. The topological polar surface area (TPSA) is 91.3 Å². The lowest BCUT2D eigenvalue weighted by atomic mass is 10.2. The third kappa shape index (κ3) is 3.17.